The van der Waals surface area contributed by atoms with Crippen molar-refractivity contribution in [1.82, 2.24) is 15.6 Å². The van der Waals surface area contributed by atoms with E-state index in [-0.39, 0.29) is 30.7 Å². The average molecular weight is 300 g/mol. The molecule has 0 atom stereocenters. The fourth-order valence-corrected chi connectivity index (χ4v) is 2.10. The third-order valence-electron chi connectivity index (χ3n) is 1.95. The van der Waals surface area contributed by atoms with Crippen molar-refractivity contribution in [3.8, 4) is 0 Å². The van der Waals surface area contributed by atoms with Crippen LogP contribution in [0.25, 0.3) is 0 Å². The number of nitrogens with zero attached hydrogens (tertiary/aromatic N) is 1. The molecule has 17 heavy (non-hydrogen) atoms. The molecular formula is C10H19Cl2N3OS. The molecular weight excluding hydrogens is 281 g/mol. The van der Waals surface area contributed by atoms with E-state index in [1.54, 1.807) is 0 Å². The third-order valence-corrected chi connectivity index (χ3v) is 3.02. The Morgan fingerprint density at radius 1 is 1.29 bits per heavy atom. The van der Waals surface area contributed by atoms with Crippen LogP contribution in [-0.2, 0) is 0 Å². The molecule has 7 heteroatoms. The molecule has 0 fully saturated rings. The molecule has 0 bridgehead atoms. The van der Waals surface area contributed by atoms with Crippen molar-refractivity contribution >= 4 is 42.1 Å². The summed E-state index contributed by atoms with van der Waals surface area (Å²) in [5.41, 5.74) is 0.818. The van der Waals surface area contributed by atoms with Crippen LogP contribution in [0.15, 0.2) is 0 Å². The van der Waals surface area contributed by atoms with Crippen molar-refractivity contribution in [3.63, 3.8) is 0 Å². The number of rotatable bonds is 5. The summed E-state index contributed by atoms with van der Waals surface area (Å²) < 4.78 is 0. The molecule has 0 spiro atoms. The molecule has 1 heterocycles. The summed E-state index contributed by atoms with van der Waals surface area (Å²) >= 11 is 1.44. The molecule has 1 amide bonds. The Morgan fingerprint density at radius 2 is 1.94 bits per heavy atom. The lowest BCUT2D eigenvalue weighted by Gasteiger charge is -2.03. The largest absolute Gasteiger partial charge is 0.350 e. The Bertz CT molecular complexity index is 344. The first kappa shape index (κ1) is 19.0. The molecule has 1 aromatic heterocycles. The van der Waals surface area contributed by atoms with E-state index in [9.17, 15) is 4.79 Å². The van der Waals surface area contributed by atoms with Crippen LogP contribution in [0.3, 0.4) is 0 Å². The monoisotopic (exact) mass is 299 g/mol. The van der Waals surface area contributed by atoms with Crippen LogP contribution in [0.2, 0.25) is 0 Å². The summed E-state index contributed by atoms with van der Waals surface area (Å²) in [7, 11) is 0. The topological polar surface area (TPSA) is 54.0 Å². The number of aromatic nitrogens is 1. The van der Waals surface area contributed by atoms with Crippen molar-refractivity contribution < 1.29 is 4.79 Å². The van der Waals surface area contributed by atoms with Crippen LogP contribution in [0.5, 0.6) is 0 Å². The summed E-state index contributed by atoms with van der Waals surface area (Å²) in [6.45, 7) is 8.20. The normalized spacial score (nSPS) is 9.12. The molecule has 0 aliphatic carbocycles. The number of amides is 1. The highest BCUT2D eigenvalue weighted by molar-refractivity contribution is 7.13. The number of aryl methyl sites for hydroxylation is 2. The van der Waals surface area contributed by atoms with Crippen molar-refractivity contribution in [3.05, 3.63) is 15.6 Å². The minimum absolute atomic E-state index is 0. The molecule has 1 rings (SSSR count). The first-order valence-electron chi connectivity index (χ1n) is 5.08. The minimum Gasteiger partial charge on any atom is -0.350 e. The van der Waals surface area contributed by atoms with Gasteiger partial charge in [0.05, 0.1) is 10.7 Å². The van der Waals surface area contributed by atoms with Gasteiger partial charge in [-0.25, -0.2) is 4.98 Å². The van der Waals surface area contributed by atoms with Gasteiger partial charge in [-0.05, 0) is 20.4 Å². The standard InChI is InChI=1S/C10H17N3OS.2ClH/c1-4-11-5-6-12-10(14)9-7(2)13-8(3)15-9;;/h11H,4-6H2,1-3H3,(H,12,14);2*1H. The minimum atomic E-state index is -0.0176. The van der Waals surface area contributed by atoms with E-state index in [1.807, 2.05) is 20.8 Å². The highest BCUT2D eigenvalue weighted by atomic mass is 35.5. The van der Waals surface area contributed by atoms with Crippen molar-refractivity contribution in [2.75, 3.05) is 19.6 Å². The number of halogens is 2. The lowest BCUT2D eigenvalue weighted by atomic mass is 10.3. The molecule has 4 nitrogen and oxygen atoms in total. The van der Waals surface area contributed by atoms with Crippen LogP contribution in [0, 0.1) is 13.8 Å². The van der Waals surface area contributed by atoms with Gasteiger partial charge < -0.3 is 10.6 Å². The van der Waals surface area contributed by atoms with E-state index in [2.05, 4.69) is 15.6 Å². The Balaban J connectivity index is 0. The van der Waals surface area contributed by atoms with Gasteiger partial charge in [0.15, 0.2) is 0 Å². The molecule has 0 radical (unpaired) electrons. The summed E-state index contributed by atoms with van der Waals surface area (Å²) in [5.74, 6) is -0.0176. The van der Waals surface area contributed by atoms with Gasteiger partial charge in [-0.1, -0.05) is 6.92 Å². The molecule has 0 aromatic carbocycles. The number of hydrogen-bond acceptors (Lipinski definition) is 4. The average Bonchev–Trinajstić information content (AvgIpc) is 2.52. The van der Waals surface area contributed by atoms with Crippen molar-refractivity contribution in [2.45, 2.75) is 20.8 Å². The fourth-order valence-electron chi connectivity index (χ4n) is 1.26. The van der Waals surface area contributed by atoms with Crippen LogP contribution < -0.4 is 10.6 Å². The van der Waals surface area contributed by atoms with Crippen LogP contribution in [0.4, 0.5) is 0 Å². The Kier molecular flexibility index (Phi) is 10.8. The second kappa shape index (κ2) is 9.65. The molecule has 0 aliphatic heterocycles. The van der Waals surface area contributed by atoms with Crippen molar-refractivity contribution in [1.29, 1.82) is 0 Å². The van der Waals surface area contributed by atoms with E-state index < -0.39 is 0 Å². The van der Waals surface area contributed by atoms with Gasteiger partial charge in [0.2, 0.25) is 0 Å². The summed E-state index contributed by atoms with van der Waals surface area (Å²) in [5, 5.41) is 6.94. The van der Waals surface area contributed by atoms with E-state index in [4.69, 9.17) is 0 Å². The molecule has 100 valence electrons. The zero-order valence-corrected chi connectivity index (χ0v) is 12.7. The van der Waals surface area contributed by atoms with E-state index in [0.717, 1.165) is 28.7 Å². The maximum absolute atomic E-state index is 11.7. The molecule has 0 aliphatic rings. The molecule has 0 saturated heterocycles. The summed E-state index contributed by atoms with van der Waals surface area (Å²) in [6, 6.07) is 0. The first-order chi connectivity index (χ1) is 7.15. The van der Waals surface area contributed by atoms with E-state index in [1.165, 1.54) is 11.3 Å². The summed E-state index contributed by atoms with van der Waals surface area (Å²) in [6.07, 6.45) is 0. The lowest BCUT2D eigenvalue weighted by molar-refractivity contribution is 0.0957. The predicted octanol–water partition coefficient (Wildman–Crippen LogP) is 1.94. The molecule has 2 N–H and O–H groups in total. The fraction of sp³-hybridized carbons (Fsp3) is 0.600. The Hall–Kier alpha value is -0.360. The zero-order valence-electron chi connectivity index (χ0n) is 10.2. The molecule has 0 saturated carbocycles. The molecule has 1 aromatic rings. The van der Waals surface area contributed by atoms with Gasteiger partial charge in [0, 0.05) is 13.1 Å². The van der Waals surface area contributed by atoms with Crippen LogP contribution >= 0.6 is 36.2 Å². The van der Waals surface area contributed by atoms with Gasteiger partial charge in [-0.3, -0.25) is 4.79 Å². The molecule has 0 unspecified atom stereocenters. The second-order valence-corrected chi connectivity index (χ2v) is 4.46. The van der Waals surface area contributed by atoms with Gasteiger partial charge in [0.25, 0.3) is 5.91 Å². The smallest absolute Gasteiger partial charge is 0.263 e. The van der Waals surface area contributed by atoms with Gasteiger partial charge in [-0.15, -0.1) is 36.2 Å². The van der Waals surface area contributed by atoms with E-state index >= 15 is 0 Å². The maximum atomic E-state index is 11.7. The number of likely N-dealkylation sites (N-methyl/N-ethyl adjacent to an activating group) is 1. The van der Waals surface area contributed by atoms with Gasteiger partial charge >= 0.3 is 0 Å². The Morgan fingerprint density at radius 3 is 2.41 bits per heavy atom. The maximum Gasteiger partial charge on any atom is 0.263 e. The number of carbonyl (C=O) groups is 1. The van der Waals surface area contributed by atoms with Gasteiger partial charge in [-0.2, -0.15) is 0 Å². The second-order valence-electron chi connectivity index (χ2n) is 3.26. The number of nitrogens with one attached hydrogen (secondary N) is 2. The van der Waals surface area contributed by atoms with E-state index in [0.29, 0.717) is 6.54 Å². The highest BCUT2D eigenvalue weighted by Crippen LogP contribution is 2.16. The van der Waals surface area contributed by atoms with Gasteiger partial charge in [0.1, 0.15) is 4.88 Å². The quantitative estimate of drug-likeness (QED) is 0.817. The van der Waals surface area contributed by atoms with Crippen LogP contribution in [-0.4, -0.2) is 30.5 Å². The highest BCUT2D eigenvalue weighted by Gasteiger charge is 2.12. The SMILES string of the molecule is CCNCCNC(=O)c1sc(C)nc1C.Cl.Cl. The lowest BCUT2D eigenvalue weighted by Crippen LogP contribution is -2.31. The number of thiazole rings is 1. The zero-order chi connectivity index (χ0) is 11.3. The van der Waals surface area contributed by atoms with Crippen molar-refractivity contribution in [2.24, 2.45) is 0 Å². The van der Waals surface area contributed by atoms with Crippen LogP contribution in [0.1, 0.15) is 27.3 Å². The third kappa shape index (κ3) is 6.21. The first-order valence-corrected chi connectivity index (χ1v) is 5.89. The Labute approximate surface area is 118 Å². The number of carbonyl (C=O) groups excluding carboxylic acids is 1. The predicted molar refractivity (Wildman–Crippen MR) is 77.0 cm³/mol. The summed E-state index contributed by atoms with van der Waals surface area (Å²) in [4.78, 5) is 16.6. The number of hydrogen-bond donors (Lipinski definition) is 2.